The molecular weight excluding hydrogens is 214 g/mol. The molecule has 1 aliphatic rings. The highest BCUT2D eigenvalue weighted by Gasteiger charge is 2.38. The molecule has 0 aliphatic heterocycles. The molecule has 1 rings (SSSR count). The van der Waals surface area contributed by atoms with Crippen molar-refractivity contribution < 1.29 is 8.42 Å². The summed E-state index contributed by atoms with van der Waals surface area (Å²) in [5.41, 5.74) is 5.24. The molecule has 0 aromatic heterocycles. The first kappa shape index (κ1) is 12.4. The van der Waals surface area contributed by atoms with Crippen molar-refractivity contribution in [3.05, 3.63) is 0 Å². The second-order valence-electron chi connectivity index (χ2n) is 4.21. The fraction of sp³-hybridized carbons (Fsp3) is 0.889. The molecule has 1 aliphatic carbocycles. The lowest BCUT2D eigenvalue weighted by Gasteiger charge is -2.23. The Kier molecular flexibility index (Phi) is 3.72. The van der Waals surface area contributed by atoms with Gasteiger partial charge in [0.05, 0.1) is 11.1 Å². The van der Waals surface area contributed by atoms with E-state index >= 15 is 0 Å². The summed E-state index contributed by atoms with van der Waals surface area (Å²) in [5, 5.41) is 6.72. The summed E-state index contributed by atoms with van der Waals surface area (Å²) in [6.45, 7) is 3.71. The molecule has 6 heteroatoms. The Labute approximate surface area is 91.2 Å². The van der Waals surface area contributed by atoms with Gasteiger partial charge in [0.2, 0.25) is 10.0 Å². The number of amidine groups is 1. The number of sulfonamides is 1. The average molecular weight is 233 g/mol. The Morgan fingerprint density at radius 1 is 1.53 bits per heavy atom. The lowest BCUT2D eigenvalue weighted by molar-refractivity contribution is 0.407. The first-order chi connectivity index (χ1) is 6.85. The van der Waals surface area contributed by atoms with E-state index in [1.807, 2.05) is 0 Å². The number of hydrogen-bond donors (Lipinski definition) is 2. The van der Waals surface area contributed by atoms with E-state index in [9.17, 15) is 8.42 Å². The van der Waals surface area contributed by atoms with E-state index in [-0.39, 0.29) is 11.9 Å². The Morgan fingerprint density at radius 2 is 2.07 bits per heavy atom. The Bertz CT molecular complexity index is 333. The van der Waals surface area contributed by atoms with Gasteiger partial charge in [0.1, 0.15) is 0 Å². The molecule has 0 heterocycles. The minimum absolute atomic E-state index is 0.0413. The molecule has 0 unspecified atom stereocenters. The third kappa shape index (κ3) is 3.17. The molecule has 0 aromatic rings. The van der Waals surface area contributed by atoms with E-state index < -0.39 is 15.3 Å². The van der Waals surface area contributed by atoms with E-state index in [1.165, 1.54) is 4.31 Å². The fourth-order valence-electron chi connectivity index (χ4n) is 1.38. The summed E-state index contributed by atoms with van der Waals surface area (Å²) < 4.78 is 25.4. The van der Waals surface area contributed by atoms with Crippen LogP contribution in [-0.4, -0.2) is 36.4 Å². The molecular formula is C9H19N3O2S. The standard InChI is InChI=1S/C9H19N3O2S/c1-7(2)15(13,14)12(8-3-4-8)6-5-9(10)11/h7-8H,3-6H2,1-2H3,(H3,10,11). The third-order valence-electron chi connectivity index (χ3n) is 2.48. The normalized spacial score (nSPS) is 17.3. The molecule has 5 nitrogen and oxygen atoms in total. The molecule has 0 radical (unpaired) electrons. The van der Waals surface area contributed by atoms with Crippen LogP contribution < -0.4 is 5.73 Å². The molecule has 15 heavy (non-hydrogen) atoms. The van der Waals surface area contributed by atoms with E-state index in [4.69, 9.17) is 11.1 Å². The first-order valence-corrected chi connectivity index (χ1v) is 6.69. The maximum absolute atomic E-state index is 11.9. The van der Waals surface area contributed by atoms with Gasteiger partial charge in [-0.3, -0.25) is 5.41 Å². The summed E-state index contributed by atoms with van der Waals surface area (Å²) in [6.07, 6.45) is 2.19. The second kappa shape index (κ2) is 4.49. The van der Waals surface area contributed by atoms with Gasteiger partial charge in [0, 0.05) is 19.0 Å². The second-order valence-corrected chi connectivity index (χ2v) is 6.65. The van der Waals surface area contributed by atoms with Crippen LogP contribution in [0.2, 0.25) is 0 Å². The Hall–Kier alpha value is -0.620. The van der Waals surface area contributed by atoms with Gasteiger partial charge in [-0.05, 0) is 26.7 Å². The Balaban J connectivity index is 2.69. The van der Waals surface area contributed by atoms with Gasteiger partial charge in [-0.1, -0.05) is 0 Å². The van der Waals surface area contributed by atoms with Crippen molar-refractivity contribution in [3.8, 4) is 0 Å². The predicted molar refractivity (Wildman–Crippen MR) is 60.3 cm³/mol. The lowest BCUT2D eigenvalue weighted by Crippen LogP contribution is -2.39. The summed E-state index contributed by atoms with van der Waals surface area (Å²) in [4.78, 5) is 0. The summed E-state index contributed by atoms with van der Waals surface area (Å²) in [7, 11) is -3.19. The summed E-state index contributed by atoms with van der Waals surface area (Å²) in [5.74, 6) is 0.0413. The van der Waals surface area contributed by atoms with Gasteiger partial charge in [0.15, 0.2) is 0 Å². The van der Waals surface area contributed by atoms with Crippen molar-refractivity contribution >= 4 is 15.9 Å². The molecule has 0 spiro atoms. The van der Waals surface area contributed by atoms with Crippen LogP contribution in [0.3, 0.4) is 0 Å². The molecule has 0 atom stereocenters. The van der Waals surface area contributed by atoms with E-state index in [1.54, 1.807) is 13.8 Å². The number of rotatable bonds is 6. The van der Waals surface area contributed by atoms with Crippen LogP contribution in [-0.2, 0) is 10.0 Å². The minimum atomic E-state index is -3.19. The minimum Gasteiger partial charge on any atom is -0.388 e. The molecule has 1 saturated carbocycles. The van der Waals surface area contributed by atoms with Gasteiger partial charge in [-0.25, -0.2) is 8.42 Å². The van der Waals surface area contributed by atoms with Crippen LogP contribution in [0.4, 0.5) is 0 Å². The lowest BCUT2D eigenvalue weighted by atomic mass is 10.4. The van der Waals surface area contributed by atoms with E-state index in [0.29, 0.717) is 13.0 Å². The molecule has 0 amide bonds. The van der Waals surface area contributed by atoms with Crippen molar-refractivity contribution in [2.45, 2.75) is 44.4 Å². The van der Waals surface area contributed by atoms with Crippen LogP contribution >= 0.6 is 0 Å². The topological polar surface area (TPSA) is 87.2 Å². The van der Waals surface area contributed by atoms with E-state index in [0.717, 1.165) is 12.8 Å². The van der Waals surface area contributed by atoms with Crippen molar-refractivity contribution in [3.63, 3.8) is 0 Å². The molecule has 0 aromatic carbocycles. The number of nitrogens with one attached hydrogen (secondary N) is 1. The predicted octanol–water partition coefficient (Wildman–Crippen LogP) is 0.515. The average Bonchev–Trinajstić information content (AvgIpc) is 2.87. The Morgan fingerprint density at radius 3 is 2.40 bits per heavy atom. The van der Waals surface area contributed by atoms with Crippen molar-refractivity contribution in [2.75, 3.05) is 6.54 Å². The van der Waals surface area contributed by atoms with Crippen molar-refractivity contribution in [1.29, 1.82) is 5.41 Å². The summed E-state index contributed by atoms with van der Waals surface area (Å²) in [6, 6.07) is 0.150. The molecule has 1 fully saturated rings. The van der Waals surface area contributed by atoms with Gasteiger partial charge in [-0.2, -0.15) is 4.31 Å². The smallest absolute Gasteiger partial charge is 0.216 e. The highest BCUT2D eigenvalue weighted by molar-refractivity contribution is 7.89. The van der Waals surface area contributed by atoms with E-state index in [2.05, 4.69) is 0 Å². The van der Waals surface area contributed by atoms with Crippen molar-refractivity contribution in [1.82, 2.24) is 4.31 Å². The van der Waals surface area contributed by atoms with Gasteiger partial charge >= 0.3 is 0 Å². The van der Waals surface area contributed by atoms with Crippen molar-refractivity contribution in [2.24, 2.45) is 5.73 Å². The van der Waals surface area contributed by atoms with Crippen LogP contribution in [0, 0.1) is 5.41 Å². The SMILES string of the molecule is CC(C)S(=O)(=O)N(CCC(=N)N)C1CC1. The third-order valence-corrected chi connectivity index (χ3v) is 4.80. The van der Waals surface area contributed by atoms with Gasteiger partial charge in [-0.15, -0.1) is 0 Å². The maximum atomic E-state index is 11.9. The number of hydrogen-bond acceptors (Lipinski definition) is 3. The fourth-order valence-corrected chi connectivity index (χ4v) is 2.90. The zero-order chi connectivity index (χ0) is 11.6. The highest BCUT2D eigenvalue weighted by atomic mass is 32.2. The van der Waals surface area contributed by atoms with Crippen LogP contribution in [0.1, 0.15) is 33.1 Å². The monoisotopic (exact) mass is 233 g/mol. The number of nitrogens with zero attached hydrogens (tertiary/aromatic N) is 1. The maximum Gasteiger partial charge on any atom is 0.216 e. The largest absolute Gasteiger partial charge is 0.388 e. The van der Waals surface area contributed by atoms with Gasteiger partial charge < -0.3 is 5.73 Å². The first-order valence-electron chi connectivity index (χ1n) is 5.19. The van der Waals surface area contributed by atoms with Gasteiger partial charge in [0.25, 0.3) is 0 Å². The zero-order valence-corrected chi connectivity index (χ0v) is 10.0. The van der Waals surface area contributed by atoms with Crippen LogP contribution in [0.25, 0.3) is 0 Å². The number of nitrogens with two attached hydrogens (primary N) is 1. The molecule has 88 valence electrons. The van der Waals surface area contributed by atoms with Crippen LogP contribution in [0.15, 0.2) is 0 Å². The molecule has 0 bridgehead atoms. The van der Waals surface area contributed by atoms with Crippen LogP contribution in [0.5, 0.6) is 0 Å². The molecule has 0 saturated heterocycles. The molecule has 3 N–H and O–H groups in total. The quantitative estimate of drug-likeness (QED) is 0.518. The highest BCUT2D eigenvalue weighted by Crippen LogP contribution is 2.30. The summed E-state index contributed by atoms with van der Waals surface area (Å²) >= 11 is 0. The zero-order valence-electron chi connectivity index (χ0n) is 9.23.